The molecule has 2 atom stereocenters. The molecule has 0 bridgehead atoms. The molecule has 1 aromatic carbocycles. The summed E-state index contributed by atoms with van der Waals surface area (Å²) in [5, 5.41) is 0. The van der Waals surface area contributed by atoms with Crippen LogP contribution in [0.3, 0.4) is 0 Å². The molecule has 0 fully saturated rings. The maximum Gasteiger partial charge on any atom is 0.118 e. The van der Waals surface area contributed by atoms with Gasteiger partial charge in [-0.1, -0.05) is 32.4 Å². The third kappa shape index (κ3) is 5.07. The highest BCUT2D eigenvalue weighted by molar-refractivity contribution is 5.27. The lowest BCUT2D eigenvalue weighted by molar-refractivity contribution is 0.381. The molecule has 3 heteroatoms. The number of hydrogen-bond acceptors (Lipinski definition) is 3. The van der Waals surface area contributed by atoms with Crippen LogP contribution in [0.4, 0.5) is 0 Å². The van der Waals surface area contributed by atoms with Gasteiger partial charge >= 0.3 is 0 Å². The van der Waals surface area contributed by atoms with Crippen molar-refractivity contribution in [3.8, 4) is 5.75 Å². The summed E-state index contributed by atoms with van der Waals surface area (Å²) in [6.45, 7) is 4.50. The van der Waals surface area contributed by atoms with Crippen molar-refractivity contribution in [3.05, 3.63) is 29.8 Å². The van der Waals surface area contributed by atoms with Gasteiger partial charge in [-0.3, -0.25) is 11.3 Å². The fourth-order valence-electron chi connectivity index (χ4n) is 2.05. The van der Waals surface area contributed by atoms with E-state index in [9.17, 15) is 0 Å². The van der Waals surface area contributed by atoms with Gasteiger partial charge in [-0.05, 0) is 42.9 Å². The number of rotatable bonds is 8. The second-order valence-corrected chi connectivity index (χ2v) is 5.00. The maximum absolute atomic E-state index is 5.62. The van der Waals surface area contributed by atoms with Crippen molar-refractivity contribution in [2.24, 2.45) is 11.8 Å². The third-order valence-electron chi connectivity index (χ3n) is 3.56. The molecule has 1 rings (SSSR count). The number of methoxy groups -OCH3 is 1. The molecule has 0 aromatic heterocycles. The fourth-order valence-corrected chi connectivity index (χ4v) is 2.05. The Labute approximate surface area is 111 Å². The summed E-state index contributed by atoms with van der Waals surface area (Å²) < 4.78 is 5.15. The highest BCUT2D eigenvalue weighted by Crippen LogP contribution is 2.16. The number of hydrogen-bond donors (Lipinski definition) is 2. The third-order valence-corrected chi connectivity index (χ3v) is 3.56. The Hall–Kier alpha value is -1.06. The number of nitrogens with one attached hydrogen (secondary N) is 1. The van der Waals surface area contributed by atoms with Crippen LogP contribution >= 0.6 is 0 Å². The van der Waals surface area contributed by atoms with Gasteiger partial charge in [-0.25, -0.2) is 0 Å². The van der Waals surface area contributed by atoms with Crippen molar-refractivity contribution >= 4 is 0 Å². The second kappa shape index (κ2) is 8.11. The van der Waals surface area contributed by atoms with Crippen LogP contribution < -0.4 is 16.0 Å². The Morgan fingerprint density at radius 2 is 1.94 bits per heavy atom. The molecule has 3 nitrogen and oxygen atoms in total. The summed E-state index contributed by atoms with van der Waals surface area (Å²) in [4.78, 5) is 0. The minimum atomic E-state index is 0.405. The van der Waals surface area contributed by atoms with E-state index in [0.29, 0.717) is 6.04 Å². The summed E-state index contributed by atoms with van der Waals surface area (Å²) in [5.74, 6) is 7.25. The van der Waals surface area contributed by atoms with Gasteiger partial charge < -0.3 is 4.74 Å². The Bertz CT molecular complexity index is 324. The van der Waals surface area contributed by atoms with Gasteiger partial charge in [0.15, 0.2) is 0 Å². The first-order valence-corrected chi connectivity index (χ1v) is 6.78. The van der Waals surface area contributed by atoms with E-state index in [1.165, 1.54) is 12.0 Å². The van der Waals surface area contributed by atoms with Crippen LogP contribution in [-0.4, -0.2) is 13.2 Å². The minimum Gasteiger partial charge on any atom is -0.497 e. The smallest absolute Gasteiger partial charge is 0.118 e. The quantitative estimate of drug-likeness (QED) is 0.551. The Balaban J connectivity index is 2.41. The van der Waals surface area contributed by atoms with Crippen LogP contribution in [0.25, 0.3) is 0 Å². The number of hydrazine groups is 1. The lowest BCUT2D eigenvalue weighted by atomic mass is 9.95. The molecular weight excluding hydrogens is 224 g/mol. The zero-order valence-electron chi connectivity index (χ0n) is 11.8. The van der Waals surface area contributed by atoms with Crippen molar-refractivity contribution in [3.63, 3.8) is 0 Å². The summed E-state index contributed by atoms with van der Waals surface area (Å²) >= 11 is 0. The molecule has 0 aliphatic carbocycles. The van der Waals surface area contributed by atoms with Crippen LogP contribution in [0.2, 0.25) is 0 Å². The Kier molecular flexibility index (Phi) is 6.76. The first-order chi connectivity index (χ1) is 8.69. The van der Waals surface area contributed by atoms with Crippen molar-refractivity contribution in [1.82, 2.24) is 5.43 Å². The molecule has 18 heavy (non-hydrogen) atoms. The zero-order valence-corrected chi connectivity index (χ0v) is 11.8. The predicted molar refractivity (Wildman–Crippen MR) is 76.5 cm³/mol. The Morgan fingerprint density at radius 1 is 1.28 bits per heavy atom. The largest absolute Gasteiger partial charge is 0.497 e. The van der Waals surface area contributed by atoms with E-state index in [0.717, 1.165) is 30.9 Å². The minimum absolute atomic E-state index is 0.405. The second-order valence-electron chi connectivity index (χ2n) is 5.00. The molecule has 0 spiro atoms. The first kappa shape index (κ1) is 15.0. The molecule has 102 valence electrons. The molecule has 0 amide bonds. The molecule has 0 radical (unpaired) electrons. The molecular formula is C15H26N2O. The molecule has 0 aliphatic rings. The van der Waals surface area contributed by atoms with Crippen LogP contribution in [0.1, 0.15) is 38.7 Å². The fraction of sp³-hybridized carbons (Fsp3) is 0.600. The van der Waals surface area contributed by atoms with Crippen molar-refractivity contribution in [2.45, 2.75) is 45.6 Å². The SMILES string of the molecule is CCC(C)CC(CCc1ccc(OC)cc1)NN. The van der Waals surface area contributed by atoms with Crippen molar-refractivity contribution in [1.29, 1.82) is 0 Å². The van der Waals surface area contributed by atoms with E-state index < -0.39 is 0 Å². The van der Waals surface area contributed by atoms with Gasteiger partial charge in [0, 0.05) is 6.04 Å². The van der Waals surface area contributed by atoms with Crippen LogP contribution in [0.5, 0.6) is 5.75 Å². The average Bonchev–Trinajstić information content (AvgIpc) is 2.43. The lowest BCUT2D eigenvalue weighted by Gasteiger charge is -2.19. The van der Waals surface area contributed by atoms with Crippen molar-refractivity contribution < 1.29 is 4.74 Å². The first-order valence-electron chi connectivity index (χ1n) is 6.78. The van der Waals surface area contributed by atoms with Gasteiger partial charge in [-0.2, -0.15) is 0 Å². The van der Waals surface area contributed by atoms with Crippen LogP contribution in [0, 0.1) is 5.92 Å². The van der Waals surface area contributed by atoms with Crippen LogP contribution in [0.15, 0.2) is 24.3 Å². The number of ether oxygens (including phenoxy) is 1. The molecule has 0 aliphatic heterocycles. The maximum atomic E-state index is 5.62. The summed E-state index contributed by atoms with van der Waals surface area (Å²) in [6.07, 6.45) is 4.48. The van der Waals surface area contributed by atoms with Gasteiger partial charge in [0.2, 0.25) is 0 Å². The predicted octanol–water partition coefficient (Wildman–Crippen LogP) is 2.90. The molecule has 1 aromatic rings. The number of nitrogens with two attached hydrogens (primary N) is 1. The molecule has 0 saturated heterocycles. The summed E-state index contributed by atoms with van der Waals surface area (Å²) in [5.41, 5.74) is 4.27. The van der Waals surface area contributed by atoms with Gasteiger partial charge in [0.1, 0.15) is 5.75 Å². The highest BCUT2D eigenvalue weighted by atomic mass is 16.5. The lowest BCUT2D eigenvalue weighted by Crippen LogP contribution is -2.36. The number of benzene rings is 1. The molecule has 0 saturated carbocycles. The normalized spacial score (nSPS) is 14.2. The van der Waals surface area contributed by atoms with Gasteiger partial charge in [0.25, 0.3) is 0 Å². The number of aryl methyl sites for hydroxylation is 1. The van der Waals surface area contributed by atoms with Crippen LogP contribution in [-0.2, 0) is 6.42 Å². The summed E-state index contributed by atoms with van der Waals surface area (Å²) in [7, 11) is 1.69. The molecule has 0 heterocycles. The standard InChI is InChI=1S/C15H26N2O/c1-4-12(2)11-14(17-16)8-5-13-6-9-15(18-3)10-7-13/h6-7,9-10,12,14,17H,4-5,8,11,16H2,1-3H3. The molecule has 3 N–H and O–H groups in total. The Morgan fingerprint density at radius 3 is 2.44 bits per heavy atom. The van der Waals surface area contributed by atoms with Gasteiger partial charge in [0.05, 0.1) is 7.11 Å². The average molecular weight is 250 g/mol. The zero-order chi connectivity index (χ0) is 13.4. The van der Waals surface area contributed by atoms with E-state index in [1.807, 2.05) is 12.1 Å². The summed E-state index contributed by atoms with van der Waals surface area (Å²) in [6, 6.07) is 8.66. The molecule has 2 unspecified atom stereocenters. The van der Waals surface area contributed by atoms with E-state index in [2.05, 4.69) is 31.4 Å². The van der Waals surface area contributed by atoms with Gasteiger partial charge in [-0.15, -0.1) is 0 Å². The van der Waals surface area contributed by atoms with E-state index >= 15 is 0 Å². The monoisotopic (exact) mass is 250 g/mol. The van der Waals surface area contributed by atoms with Crippen molar-refractivity contribution in [2.75, 3.05) is 7.11 Å². The highest BCUT2D eigenvalue weighted by Gasteiger charge is 2.10. The van der Waals surface area contributed by atoms with E-state index in [-0.39, 0.29) is 0 Å². The van der Waals surface area contributed by atoms with E-state index in [1.54, 1.807) is 7.11 Å². The topological polar surface area (TPSA) is 47.3 Å². The van der Waals surface area contributed by atoms with E-state index in [4.69, 9.17) is 10.6 Å².